The van der Waals surface area contributed by atoms with Gasteiger partial charge in [-0.05, 0) is 12.1 Å². The number of ether oxygens (including phenoxy) is 2. The lowest BCUT2D eigenvalue weighted by atomic mass is 10.2. The predicted molar refractivity (Wildman–Crippen MR) is 50.6 cm³/mol. The highest BCUT2D eigenvalue weighted by Gasteiger charge is 2.06. The summed E-state index contributed by atoms with van der Waals surface area (Å²) in [5, 5.41) is 7.26. The van der Waals surface area contributed by atoms with Crippen molar-refractivity contribution in [1.29, 1.82) is 5.41 Å². The standard InChI is InChI=1S/C9H12N2O2/c1-12-6-3-4-7(9(10)11)8(5-6)13-2/h3-5H,1-2H3,(H3,10,11). The van der Waals surface area contributed by atoms with Crippen LogP contribution in [0, 0.1) is 5.41 Å². The smallest absolute Gasteiger partial charge is 0.133 e. The van der Waals surface area contributed by atoms with Gasteiger partial charge in [0.05, 0.1) is 19.8 Å². The second-order valence-electron chi connectivity index (χ2n) is 2.48. The van der Waals surface area contributed by atoms with E-state index in [1.165, 1.54) is 7.11 Å². The number of benzene rings is 1. The highest BCUT2D eigenvalue weighted by Crippen LogP contribution is 2.23. The highest BCUT2D eigenvalue weighted by atomic mass is 16.5. The van der Waals surface area contributed by atoms with Gasteiger partial charge in [-0.3, -0.25) is 5.41 Å². The van der Waals surface area contributed by atoms with E-state index in [1.807, 2.05) is 0 Å². The van der Waals surface area contributed by atoms with Crippen molar-refractivity contribution in [3.63, 3.8) is 0 Å². The van der Waals surface area contributed by atoms with Crippen LogP contribution in [-0.2, 0) is 0 Å². The molecule has 0 unspecified atom stereocenters. The first-order valence-electron chi connectivity index (χ1n) is 3.75. The average Bonchev–Trinajstić information content (AvgIpc) is 2.16. The third-order valence-electron chi connectivity index (χ3n) is 1.70. The molecule has 0 saturated heterocycles. The van der Waals surface area contributed by atoms with Gasteiger partial charge in [0.2, 0.25) is 0 Å². The van der Waals surface area contributed by atoms with Crippen LogP contribution in [0.5, 0.6) is 11.5 Å². The number of amidine groups is 1. The van der Waals surface area contributed by atoms with E-state index in [9.17, 15) is 0 Å². The van der Waals surface area contributed by atoms with E-state index in [1.54, 1.807) is 25.3 Å². The van der Waals surface area contributed by atoms with Crippen LogP contribution in [0.25, 0.3) is 0 Å². The maximum atomic E-state index is 7.26. The molecule has 0 bridgehead atoms. The van der Waals surface area contributed by atoms with Crippen molar-refractivity contribution < 1.29 is 9.47 Å². The molecule has 4 nitrogen and oxygen atoms in total. The van der Waals surface area contributed by atoms with E-state index in [4.69, 9.17) is 20.6 Å². The van der Waals surface area contributed by atoms with Crippen molar-refractivity contribution in [1.82, 2.24) is 0 Å². The molecule has 0 aliphatic rings. The Hall–Kier alpha value is -1.71. The Labute approximate surface area is 76.8 Å². The Kier molecular flexibility index (Phi) is 2.74. The zero-order valence-corrected chi connectivity index (χ0v) is 7.63. The van der Waals surface area contributed by atoms with Gasteiger partial charge in [0.1, 0.15) is 17.3 Å². The van der Waals surface area contributed by atoms with Gasteiger partial charge in [0, 0.05) is 6.07 Å². The molecule has 0 spiro atoms. The molecule has 1 aromatic rings. The molecule has 0 aliphatic heterocycles. The molecule has 0 radical (unpaired) electrons. The second kappa shape index (κ2) is 3.80. The van der Waals surface area contributed by atoms with E-state index >= 15 is 0 Å². The second-order valence-corrected chi connectivity index (χ2v) is 2.48. The van der Waals surface area contributed by atoms with Gasteiger partial charge < -0.3 is 15.2 Å². The summed E-state index contributed by atoms with van der Waals surface area (Å²) in [5.74, 6) is 1.22. The Morgan fingerprint density at radius 3 is 2.46 bits per heavy atom. The molecule has 4 heteroatoms. The van der Waals surface area contributed by atoms with Gasteiger partial charge in [-0.15, -0.1) is 0 Å². The first-order chi connectivity index (χ1) is 6.19. The molecular formula is C9H12N2O2. The summed E-state index contributed by atoms with van der Waals surface area (Å²) in [6.45, 7) is 0. The van der Waals surface area contributed by atoms with Gasteiger partial charge in [0.25, 0.3) is 0 Å². The van der Waals surface area contributed by atoms with Crippen LogP contribution < -0.4 is 15.2 Å². The maximum Gasteiger partial charge on any atom is 0.133 e. The quantitative estimate of drug-likeness (QED) is 0.538. The summed E-state index contributed by atoms with van der Waals surface area (Å²) in [4.78, 5) is 0. The zero-order valence-electron chi connectivity index (χ0n) is 7.63. The number of nitrogens with one attached hydrogen (secondary N) is 1. The van der Waals surface area contributed by atoms with E-state index < -0.39 is 0 Å². The number of hydrogen-bond donors (Lipinski definition) is 2. The van der Waals surface area contributed by atoms with Crippen molar-refractivity contribution in [3.8, 4) is 11.5 Å². The lowest BCUT2D eigenvalue weighted by molar-refractivity contribution is 0.394. The predicted octanol–water partition coefficient (Wildman–Crippen LogP) is 0.988. The molecule has 1 rings (SSSR count). The topological polar surface area (TPSA) is 68.3 Å². The summed E-state index contributed by atoms with van der Waals surface area (Å²) in [6.07, 6.45) is 0. The molecule has 1 aromatic carbocycles. The SMILES string of the molecule is COc1ccc(C(=N)N)c(OC)c1. The van der Waals surface area contributed by atoms with E-state index in [-0.39, 0.29) is 5.84 Å². The van der Waals surface area contributed by atoms with Gasteiger partial charge in [0.15, 0.2) is 0 Å². The molecule has 0 amide bonds. The lowest BCUT2D eigenvalue weighted by Gasteiger charge is -2.08. The summed E-state index contributed by atoms with van der Waals surface area (Å²) in [5.41, 5.74) is 5.92. The van der Waals surface area contributed by atoms with Crippen molar-refractivity contribution in [3.05, 3.63) is 23.8 Å². The fraction of sp³-hybridized carbons (Fsp3) is 0.222. The van der Waals surface area contributed by atoms with Crippen LogP contribution >= 0.6 is 0 Å². The minimum Gasteiger partial charge on any atom is -0.497 e. The Balaban J connectivity index is 3.15. The van der Waals surface area contributed by atoms with Crippen LogP contribution in [0.3, 0.4) is 0 Å². The number of nitrogens with two attached hydrogens (primary N) is 1. The van der Waals surface area contributed by atoms with E-state index in [0.717, 1.165) is 0 Å². The molecule has 3 N–H and O–H groups in total. The number of hydrogen-bond acceptors (Lipinski definition) is 3. The largest absolute Gasteiger partial charge is 0.497 e. The van der Waals surface area contributed by atoms with Crippen LogP contribution in [0.1, 0.15) is 5.56 Å². The minimum absolute atomic E-state index is 0.0143. The van der Waals surface area contributed by atoms with Crippen LogP contribution in [0.15, 0.2) is 18.2 Å². The van der Waals surface area contributed by atoms with Crippen LogP contribution in [0.2, 0.25) is 0 Å². The Bertz CT molecular complexity index is 323. The number of rotatable bonds is 3. The van der Waals surface area contributed by atoms with Crippen molar-refractivity contribution in [2.45, 2.75) is 0 Å². The van der Waals surface area contributed by atoms with Crippen molar-refractivity contribution in [2.75, 3.05) is 14.2 Å². The molecule has 0 aliphatic carbocycles. The van der Waals surface area contributed by atoms with Gasteiger partial charge >= 0.3 is 0 Å². The van der Waals surface area contributed by atoms with E-state index in [0.29, 0.717) is 17.1 Å². The molecular weight excluding hydrogens is 168 g/mol. The van der Waals surface area contributed by atoms with Crippen molar-refractivity contribution in [2.24, 2.45) is 5.73 Å². The lowest BCUT2D eigenvalue weighted by Crippen LogP contribution is -2.12. The zero-order chi connectivity index (χ0) is 9.84. The third-order valence-corrected chi connectivity index (χ3v) is 1.70. The molecule has 0 heterocycles. The number of methoxy groups -OCH3 is 2. The number of nitrogen functional groups attached to an aromatic ring is 1. The average molecular weight is 180 g/mol. The maximum absolute atomic E-state index is 7.26. The molecule has 0 atom stereocenters. The minimum atomic E-state index is -0.0143. The molecule has 70 valence electrons. The van der Waals surface area contributed by atoms with Crippen LogP contribution in [-0.4, -0.2) is 20.1 Å². The fourth-order valence-electron chi connectivity index (χ4n) is 1.02. The summed E-state index contributed by atoms with van der Waals surface area (Å²) < 4.78 is 10.0. The molecule has 0 saturated carbocycles. The summed E-state index contributed by atoms with van der Waals surface area (Å²) >= 11 is 0. The van der Waals surface area contributed by atoms with Crippen LogP contribution in [0.4, 0.5) is 0 Å². The first-order valence-corrected chi connectivity index (χ1v) is 3.75. The third kappa shape index (κ3) is 1.90. The molecule has 13 heavy (non-hydrogen) atoms. The fourth-order valence-corrected chi connectivity index (χ4v) is 1.02. The Morgan fingerprint density at radius 1 is 1.31 bits per heavy atom. The van der Waals surface area contributed by atoms with Gasteiger partial charge in [-0.2, -0.15) is 0 Å². The van der Waals surface area contributed by atoms with Crippen molar-refractivity contribution >= 4 is 5.84 Å². The van der Waals surface area contributed by atoms with Gasteiger partial charge in [-0.25, -0.2) is 0 Å². The normalized spacial score (nSPS) is 9.38. The van der Waals surface area contributed by atoms with E-state index in [2.05, 4.69) is 0 Å². The highest BCUT2D eigenvalue weighted by molar-refractivity contribution is 5.97. The molecule has 0 fully saturated rings. The van der Waals surface area contributed by atoms with Gasteiger partial charge in [-0.1, -0.05) is 0 Å². The monoisotopic (exact) mass is 180 g/mol. The molecule has 0 aromatic heterocycles. The summed E-state index contributed by atoms with van der Waals surface area (Å²) in [6, 6.07) is 5.12. The first kappa shape index (κ1) is 9.38. The Morgan fingerprint density at radius 2 is 2.00 bits per heavy atom. The summed E-state index contributed by atoms with van der Waals surface area (Å²) in [7, 11) is 3.10.